The number of methoxy groups -OCH3 is 1. The molecule has 0 radical (unpaired) electrons. The molecular formula is C29H28N6O3. The van der Waals surface area contributed by atoms with E-state index >= 15 is 0 Å². The molecule has 9 nitrogen and oxygen atoms in total. The summed E-state index contributed by atoms with van der Waals surface area (Å²) < 4.78 is 7.36. The zero-order valence-electron chi connectivity index (χ0n) is 21.0. The van der Waals surface area contributed by atoms with Gasteiger partial charge < -0.3 is 20.9 Å². The summed E-state index contributed by atoms with van der Waals surface area (Å²) in [7, 11) is 1.57. The van der Waals surface area contributed by atoms with Gasteiger partial charge >= 0.3 is 0 Å². The fourth-order valence-corrected chi connectivity index (χ4v) is 5.32. The van der Waals surface area contributed by atoms with Gasteiger partial charge in [-0.05, 0) is 41.7 Å². The van der Waals surface area contributed by atoms with E-state index in [0.717, 1.165) is 34.7 Å². The lowest BCUT2D eigenvalue weighted by Crippen LogP contribution is -2.23. The Bertz CT molecular complexity index is 1650. The first-order valence-corrected chi connectivity index (χ1v) is 12.6. The summed E-state index contributed by atoms with van der Waals surface area (Å²) in [5, 5.41) is 20.5. The third-order valence-corrected chi connectivity index (χ3v) is 7.26. The standard InChI is InChI=1S/C29H28N6O3/c1-38-23-13-10-18-4-2-3-5-22(18)24(23)29(37)31-15-17-6-8-19(9-7-17)26-25-27(30)32-16-33-28(25)35(34-26)20-11-12-21(36)14-20/h2-10,13,16,20-21,36H,11-12,14-15H2,1H3,(H,31,37)(H2,30,32,33). The number of fused-ring (bicyclic) bond motifs is 2. The van der Waals surface area contributed by atoms with E-state index in [-0.39, 0.29) is 18.1 Å². The molecule has 1 aliphatic rings. The quantitative estimate of drug-likeness (QED) is 0.313. The van der Waals surface area contributed by atoms with Crippen LogP contribution < -0.4 is 15.8 Å². The van der Waals surface area contributed by atoms with E-state index in [0.29, 0.717) is 46.8 Å². The number of ether oxygens (including phenoxy) is 1. The maximum atomic E-state index is 13.2. The minimum absolute atomic E-state index is 0.0658. The lowest BCUT2D eigenvalue weighted by atomic mass is 10.0. The highest BCUT2D eigenvalue weighted by Crippen LogP contribution is 2.36. The summed E-state index contributed by atoms with van der Waals surface area (Å²) in [5.41, 5.74) is 9.96. The number of aliphatic hydroxyl groups is 1. The van der Waals surface area contributed by atoms with Crippen molar-refractivity contribution in [3.8, 4) is 17.0 Å². The van der Waals surface area contributed by atoms with Gasteiger partial charge in [-0.2, -0.15) is 5.10 Å². The first-order valence-electron chi connectivity index (χ1n) is 12.6. The van der Waals surface area contributed by atoms with Crippen LogP contribution in [0.1, 0.15) is 41.2 Å². The molecule has 2 atom stereocenters. The van der Waals surface area contributed by atoms with Crippen molar-refractivity contribution in [3.63, 3.8) is 0 Å². The molecule has 0 aliphatic heterocycles. The number of carbonyl (C=O) groups is 1. The highest BCUT2D eigenvalue weighted by atomic mass is 16.5. The number of nitrogens with two attached hydrogens (primary N) is 1. The molecule has 6 rings (SSSR count). The molecule has 1 aliphatic carbocycles. The van der Waals surface area contributed by atoms with Crippen LogP contribution in [0.15, 0.2) is 67.0 Å². The van der Waals surface area contributed by atoms with Crippen molar-refractivity contribution >= 4 is 33.5 Å². The van der Waals surface area contributed by atoms with Crippen LogP contribution in [-0.2, 0) is 6.54 Å². The van der Waals surface area contributed by atoms with Crippen molar-refractivity contribution in [2.24, 2.45) is 0 Å². The number of hydrogen-bond donors (Lipinski definition) is 3. The predicted octanol–water partition coefficient (Wildman–Crippen LogP) is 4.25. The normalized spacial score (nSPS) is 17.2. The van der Waals surface area contributed by atoms with Gasteiger partial charge in [-0.15, -0.1) is 0 Å². The highest BCUT2D eigenvalue weighted by molar-refractivity contribution is 6.09. The number of nitrogens with one attached hydrogen (secondary N) is 1. The molecule has 0 bridgehead atoms. The van der Waals surface area contributed by atoms with E-state index in [9.17, 15) is 9.90 Å². The van der Waals surface area contributed by atoms with Gasteiger partial charge in [-0.1, -0.05) is 54.6 Å². The molecule has 1 fully saturated rings. The van der Waals surface area contributed by atoms with E-state index in [1.54, 1.807) is 7.11 Å². The van der Waals surface area contributed by atoms with Crippen molar-refractivity contribution in [2.45, 2.75) is 38.0 Å². The Kier molecular flexibility index (Phi) is 6.13. The molecular weight excluding hydrogens is 480 g/mol. The number of rotatable bonds is 6. The van der Waals surface area contributed by atoms with Gasteiger partial charge in [0, 0.05) is 12.1 Å². The Labute approximate surface area is 219 Å². The largest absolute Gasteiger partial charge is 0.496 e. The number of nitrogen functional groups attached to an aromatic ring is 1. The summed E-state index contributed by atoms with van der Waals surface area (Å²) in [4.78, 5) is 21.8. The van der Waals surface area contributed by atoms with Crippen LogP contribution in [0.5, 0.6) is 5.75 Å². The van der Waals surface area contributed by atoms with Crippen molar-refractivity contribution < 1.29 is 14.6 Å². The second-order valence-corrected chi connectivity index (χ2v) is 9.61. The van der Waals surface area contributed by atoms with Crippen molar-refractivity contribution in [1.82, 2.24) is 25.1 Å². The highest BCUT2D eigenvalue weighted by Gasteiger charge is 2.28. The molecule has 192 valence electrons. The topological polar surface area (TPSA) is 128 Å². The van der Waals surface area contributed by atoms with Crippen LogP contribution >= 0.6 is 0 Å². The molecule has 9 heteroatoms. The third-order valence-electron chi connectivity index (χ3n) is 7.26. The first-order chi connectivity index (χ1) is 18.5. The minimum atomic E-state index is -0.328. The Hall–Kier alpha value is -4.50. The molecule has 1 saturated carbocycles. The minimum Gasteiger partial charge on any atom is -0.496 e. The van der Waals surface area contributed by atoms with Crippen molar-refractivity contribution in [1.29, 1.82) is 0 Å². The molecule has 1 amide bonds. The van der Waals surface area contributed by atoms with Crippen LogP contribution in [0.2, 0.25) is 0 Å². The van der Waals surface area contributed by atoms with Crippen LogP contribution in [0.4, 0.5) is 5.82 Å². The first kappa shape index (κ1) is 23.9. The molecule has 2 aromatic heterocycles. The average molecular weight is 509 g/mol. The zero-order chi connectivity index (χ0) is 26.2. The number of anilines is 1. The predicted molar refractivity (Wildman–Crippen MR) is 146 cm³/mol. The summed E-state index contributed by atoms with van der Waals surface area (Å²) >= 11 is 0. The lowest BCUT2D eigenvalue weighted by Gasteiger charge is -2.12. The van der Waals surface area contributed by atoms with Gasteiger partial charge in [0.25, 0.3) is 5.91 Å². The summed E-state index contributed by atoms with van der Waals surface area (Å²) in [6, 6.07) is 19.4. The van der Waals surface area contributed by atoms with Crippen molar-refractivity contribution in [2.75, 3.05) is 12.8 Å². The van der Waals surface area contributed by atoms with Crippen molar-refractivity contribution in [3.05, 3.63) is 78.1 Å². The van der Waals surface area contributed by atoms with Gasteiger partial charge in [0.1, 0.15) is 23.6 Å². The second kappa shape index (κ2) is 9.75. The summed E-state index contributed by atoms with van der Waals surface area (Å²) in [6.07, 6.45) is 3.33. The zero-order valence-corrected chi connectivity index (χ0v) is 21.0. The average Bonchev–Trinajstić information content (AvgIpc) is 3.55. The Morgan fingerprint density at radius 2 is 1.92 bits per heavy atom. The van der Waals surface area contributed by atoms with E-state index in [1.807, 2.05) is 65.3 Å². The number of aliphatic hydroxyl groups excluding tert-OH is 1. The smallest absolute Gasteiger partial charge is 0.255 e. The Balaban J connectivity index is 1.26. The van der Waals surface area contributed by atoms with Crippen LogP contribution in [0.25, 0.3) is 33.1 Å². The van der Waals surface area contributed by atoms with Gasteiger partial charge in [-0.25, -0.2) is 14.6 Å². The molecule has 2 unspecified atom stereocenters. The molecule has 5 aromatic rings. The fraction of sp³-hybridized carbons (Fsp3) is 0.241. The summed E-state index contributed by atoms with van der Waals surface area (Å²) in [5.74, 6) is 0.708. The third kappa shape index (κ3) is 4.20. The number of benzene rings is 3. The SMILES string of the molecule is COc1ccc2ccccc2c1C(=O)NCc1ccc(-c2nn(C3CCC(O)C3)c3ncnc(N)c23)cc1. The van der Waals surface area contributed by atoms with Gasteiger partial charge in [0.2, 0.25) is 0 Å². The van der Waals surface area contributed by atoms with E-state index in [2.05, 4.69) is 15.3 Å². The maximum absolute atomic E-state index is 13.2. The molecule has 3 aromatic carbocycles. The number of aromatic nitrogens is 4. The van der Waals surface area contributed by atoms with Crippen LogP contribution in [0, 0.1) is 0 Å². The van der Waals surface area contributed by atoms with E-state index < -0.39 is 0 Å². The number of amides is 1. The molecule has 4 N–H and O–H groups in total. The molecule has 38 heavy (non-hydrogen) atoms. The molecule has 2 heterocycles. The summed E-state index contributed by atoms with van der Waals surface area (Å²) in [6.45, 7) is 0.353. The van der Waals surface area contributed by atoms with E-state index in [4.69, 9.17) is 15.6 Å². The van der Waals surface area contributed by atoms with Gasteiger partial charge in [0.15, 0.2) is 5.65 Å². The molecule has 0 saturated heterocycles. The lowest BCUT2D eigenvalue weighted by molar-refractivity contribution is 0.0949. The Morgan fingerprint density at radius 1 is 1.11 bits per heavy atom. The fourth-order valence-electron chi connectivity index (χ4n) is 5.32. The Morgan fingerprint density at radius 3 is 2.68 bits per heavy atom. The van der Waals surface area contributed by atoms with E-state index in [1.165, 1.54) is 6.33 Å². The van der Waals surface area contributed by atoms with Crippen LogP contribution in [-0.4, -0.2) is 44.0 Å². The van der Waals surface area contributed by atoms with Crippen LogP contribution in [0.3, 0.4) is 0 Å². The van der Waals surface area contributed by atoms with Gasteiger partial charge in [0.05, 0.1) is 30.2 Å². The maximum Gasteiger partial charge on any atom is 0.255 e. The second-order valence-electron chi connectivity index (χ2n) is 9.61. The monoisotopic (exact) mass is 508 g/mol. The molecule has 0 spiro atoms. The van der Waals surface area contributed by atoms with Gasteiger partial charge in [-0.3, -0.25) is 4.79 Å². The number of hydrogen-bond acceptors (Lipinski definition) is 7. The number of nitrogens with zero attached hydrogens (tertiary/aromatic N) is 4. The number of carbonyl (C=O) groups excluding carboxylic acids is 1.